The van der Waals surface area contributed by atoms with E-state index in [0.29, 0.717) is 34.8 Å². The lowest BCUT2D eigenvalue weighted by molar-refractivity contribution is -0.138. The fourth-order valence-corrected chi connectivity index (χ4v) is 5.73. The minimum atomic E-state index is -1.74. The number of benzene rings is 2. The van der Waals surface area contributed by atoms with E-state index in [0.717, 1.165) is 16.8 Å². The molecule has 1 atom stereocenters. The van der Waals surface area contributed by atoms with E-state index in [9.17, 15) is 14.4 Å². The van der Waals surface area contributed by atoms with E-state index in [1.165, 1.54) is 7.11 Å². The molecular formula is C26H24ClN3O4. The molecule has 7 nitrogen and oxygen atoms in total. The van der Waals surface area contributed by atoms with E-state index in [4.69, 9.17) is 22.1 Å². The molecule has 2 aromatic carbocycles. The summed E-state index contributed by atoms with van der Waals surface area (Å²) in [5.74, 6) is -1.43. The third kappa shape index (κ3) is 2.93. The zero-order valence-electron chi connectivity index (χ0n) is 19.1. The van der Waals surface area contributed by atoms with Gasteiger partial charge in [-0.3, -0.25) is 14.5 Å². The number of halogens is 1. The van der Waals surface area contributed by atoms with Gasteiger partial charge in [0.15, 0.2) is 5.78 Å². The van der Waals surface area contributed by atoms with Crippen LogP contribution in [-0.4, -0.2) is 24.8 Å². The lowest BCUT2D eigenvalue weighted by Crippen LogP contribution is -2.53. The van der Waals surface area contributed by atoms with Crippen LogP contribution >= 0.6 is 11.6 Å². The van der Waals surface area contributed by atoms with Crippen molar-refractivity contribution < 1.29 is 19.1 Å². The normalized spacial score (nSPS) is 21.6. The zero-order valence-corrected chi connectivity index (χ0v) is 19.9. The van der Waals surface area contributed by atoms with Gasteiger partial charge in [0.2, 0.25) is 5.91 Å². The topological polar surface area (TPSA) is 102 Å². The van der Waals surface area contributed by atoms with Crippen LogP contribution in [0.1, 0.15) is 36.0 Å². The molecule has 34 heavy (non-hydrogen) atoms. The van der Waals surface area contributed by atoms with E-state index < -0.39 is 17.3 Å². The van der Waals surface area contributed by atoms with Crippen molar-refractivity contribution in [1.82, 2.24) is 0 Å². The Morgan fingerprint density at radius 3 is 2.50 bits per heavy atom. The monoisotopic (exact) mass is 477 g/mol. The minimum absolute atomic E-state index is 0.0632. The highest BCUT2D eigenvalue weighted by Gasteiger charge is 2.62. The van der Waals surface area contributed by atoms with Crippen molar-refractivity contribution in [2.75, 3.05) is 17.3 Å². The van der Waals surface area contributed by atoms with Crippen LogP contribution in [0, 0.1) is 13.8 Å². The van der Waals surface area contributed by atoms with Crippen LogP contribution in [0.3, 0.4) is 0 Å². The molecule has 0 bridgehead atoms. The molecule has 1 spiro atoms. The number of esters is 1. The van der Waals surface area contributed by atoms with E-state index in [1.54, 1.807) is 23.1 Å². The first-order valence-corrected chi connectivity index (χ1v) is 11.4. The van der Waals surface area contributed by atoms with Gasteiger partial charge in [-0.15, -0.1) is 0 Å². The Morgan fingerprint density at radius 1 is 1.12 bits per heavy atom. The third-order valence-corrected chi connectivity index (χ3v) is 6.97. The highest BCUT2D eigenvalue weighted by molar-refractivity contribution is 6.31. The molecule has 174 valence electrons. The van der Waals surface area contributed by atoms with Crippen LogP contribution in [0.2, 0.25) is 5.02 Å². The number of fused-ring (bicyclic) bond motifs is 3. The number of Topliss-reactive ketones (excluding diaryl/α,β-unsaturated/α-hetero) is 1. The van der Waals surface area contributed by atoms with E-state index in [2.05, 4.69) is 5.32 Å². The molecule has 2 aliphatic heterocycles. The number of allylic oxidation sites excluding steroid dienone is 1. The Morgan fingerprint density at radius 2 is 1.82 bits per heavy atom. The Kier molecular flexibility index (Phi) is 5.06. The largest absolute Gasteiger partial charge is 0.466 e. The number of ether oxygens (including phenoxy) is 1. The molecule has 8 heteroatoms. The summed E-state index contributed by atoms with van der Waals surface area (Å²) in [4.78, 5) is 42.5. The SMILES string of the molecule is COC(=O)C1=C(N)N(c2cc(C)cc(C)c2)C2=C(C(=O)CCC2)C12C(=O)Nc1ccc(Cl)cc12. The second-order valence-electron chi connectivity index (χ2n) is 8.93. The number of ketones is 1. The molecule has 0 fully saturated rings. The van der Waals surface area contributed by atoms with Gasteiger partial charge in [0.1, 0.15) is 16.8 Å². The molecule has 5 rings (SSSR count). The van der Waals surface area contributed by atoms with E-state index in [-0.39, 0.29) is 29.2 Å². The van der Waals surface area contributed by atoms with Crippen LogP contribution in [-0.2, 0) is 24.5 Å². The van der Waals surface area contributed by atoms with Crippen molar-refractivity contribution in [1.29, 1.82) is 0 Å². The average Bonchev–Trinajstić information content (AvgIpc) is 3.04. The van der Waals surface area contributed by atoms with Crippen LogP contribution in [0.5, 0.6) is 0 Å². The predicted octanol–water partition coefficient (Wildman–Crippen LogP) is 4.02. The van der Waals surface area contributed by atoms with Crippen molar-refractivity contribution in [3.63, 3.8) is 0 Å². The number of aryl methyl sites for hydroxylation is 2. The number of hydrogen-bond acceptors (Lipinski definition) is 6. The molecule has 0 aromatic heterocycles. The predicted molar refractivity (Wildman–Crippen MR) is 129 cm³/mol. The Bertz CT molecular complexity index is 1340. The van der Waals surface area contributed by atoms with Gasteiger partial charge in [-0.25, -0.2) is 4.79 Å². The van der Waals surface area contributed by atoms with Gasteiger partial charge in [0, 0.05) is 39.7 Å². The van der Waals surface area contributed by atoms with E-state index in [1.807, 2.05) is 32.0 Å². The summed E-state index contributed by atoms with van der Waals surface area (Å²) in [6.45, 7) is 3.93. The molecule has 0 saturated heterocycles. The zero-order chi connectivity index (χ0) is 24.4. The quantitative estimate of drug-likeness (QED) is 0.633. The molecule has 1 amide bonds. The highest BCUT2D eigenvalue weighted by Crippen LogP contribution is 2.56. The first-order valence-electron chi connectivity index (χ1n) is 11.1. The highest BCUT2D eigenvalue weighted by atomic mass is 35.5. The first-order chi connectivity index (χ1) is 16.2. The van der Waals surface area contributed by atoms with E-state index >= 15 is 0 Å². The van der Waals surface area contributed by atoms with Crippen LogP contribution in [0.25, 0.3) is 0 Å². The molecular weight excluding hydrogens is 454 g/mol. The van der Waals surface area contributed by atoms with Gasteiger partial charge in [-0.2, -0.15) is 0 Å². The number of carbonyl (C=O) groups is 3. The van der Waals surface area contributed by atoms with Crippen LogP contribution in [0.4, 0.5) is 11.4 Å². The maximum Gasteiger partial charge on any atom is 0.339 e. The lowest BCUT2D eigenvalue weighted by atomic mass is 9.63. The fraction of sp³-hybridized carbons (Fsp3) is 0.269. The third-order valence-electron chi connectivity index (χ3n) is 6.73. The van der Waals surface area contributed by atoms with Gasteiger partial charge in [0.05, 0.1) is 7.11 Å². The summed E-state index contributed by atoms with van der Waals surface area (Å²) in [7, 11) is 1.23. The van der Waals surface area contributed by atoms with Gasteiger partial charge >= 0.3 is 5.97 Å². The summed E-state index contributed by atoms with van der Waals surface area (Å²) < 4.78 is 5.14. The standard InChI is InChI=1S/C26H24ClN3O4/c1-13-9-14(2)11-16(10-13)30-19-5-4-6-20(31)21(19)26(22(23(30)28)24(32)34-3)17-12-15(27)7-8-18(17)29-25(26)33/h7-12H,4-6,28H2,1-3H3,(H,29,33). The number of carbonyl (C=O) groups excluding carboxylic acids is 3. The number of nitrogens with one attached hydrogen (secondary N) is 1. The number of nitrogens with two attached hydrogens (primary N) is 1. The number of anilines is 2. The summed E-state index contributed by atoms with van der Waals surface area (Å²) in [6.07, 6.45) is 1.40. The van der Waals surface area contributed by atoms with Gasteiger partial charge in [-0.1, -0.05) is 17.7 Å². The van der Waals surface area contributed by atoms with Crippen molar-refractivity contribution in [2.24, 2.45) is 5.73 Å². The first kappa shape index (κ1) is 22.2. The maximum atomic E-state index is 13.8. The lowest BCUT2D eigenvalue weighted by Gasteiger charge is -2.44. The van der Waals surface area contributed by atoms with Gasteiger partial charge < -0.3 is 15.8 Å². The van der Waals surface area contributed by atoms with Crippen molar-refractivity contribution in [2.45, 2.75) is 38.5 Å². The molecule has 3 N–H and O–H groups in total. The van der Waals surface area contributed by atoms with Gasteiger partial charge in [0.25, 0.3) is 0 Å². The number of methoxy groups -OCH3 is 1. The Labute approximate surface area is 202 Å². The Balaban J connectivity index is 1.93. The molecule has 1 aliphatic carbocycles. The van der Waals surface area contributed by atoms with Gasteiger partial charge in [-0.05, 0) is 68.1 Å². The molecule has 2 aromatic rings. The second-order valence-corrected chi connectivity index (χ2v) is 9.36. The average molecular weight is 478 g/mol. The summed E-state index contributed by atoms with van der Waals surface area (Å²) in [6, 6.07) is 10.8. The summed E-state index contributed by atoms with van der Waals surface area (Å²) in [5, 5.41) is 3.22. The molecule has 0 saturated carbocycles. The number of nitrogens with zero attached hydrogens (tertiary/aromatic N) is 1. The minimum Gasteiger partial charge on any atom is -0.466 e. The van der Waals surface area contributed by atoms with Crippen molar-refractivity contribution >= 4 is 40.6 Å². The molecule has 2 heterocycles. The number of rotatable bonds is 2. The summed E-state index contributed by atoms with van der Waals surface area (Å²) in [5.41, 5.74) is 9.43. The smallest absolute Gasteiger partial charge is 0.339 e. The van der Waals surface area contributed by atoms with Crippen molar-refractivity contribution in [3.8, 4) is 0 Å². The molecule has 3 aliphatic rings. The van der Waals surface area contributed by atoms with Crippen molar-refractivity contribution in [3.05, 3.63) is 80.8 Å². The summed E-state index contributed by atoms with van der Waals surface area (Å²) >= 11 is 6.33. The molecule has 1 unspecified atom stereocenters. The van der Waals surface area contributed by atoms with Crippen LogP contribution in [0.15, 0.2) is 59.1 Å². The maximum absolute atomic E-state index is 13.8. The number of amides is 1. The fourth-order valence-electron chi connectivity index (χ4n) is 5.56. The molecule has 0 radical (unpaired) electrons. The Hall–Kier alpha value is -3.58. The number of hydrogen-bond donors (Lipinski definition) is 2. The van der Waals surface area contributed by atoms with Crippen LogP contribution < -0.4 is 16.0 Å². The second kappa shape index (κ2) is 7.74.